The van der Waals surface area contributed by atoms with Crippen LogP contribution in [0.5, 0.6) is 0 Å². The first kappa shape index (κ1) is 17.2. The van der Waals surface area contributed by atoms with Gasteiger partial charge in [0.25, 0.3) is 0 Å². The lowest BCUT2D eigenvalue weighted by atomic mass is 9.78. The minimum absolute atomic E-state index is 0.445. The fourth-order valence-corrected chi connectivity index (χ4v) is 4.46. The number of likely N-dealkylation sites (N-methyl/N-ethyl adjacent to an activating group) is 1. The molecule has 2 heteroatoms. The summed E-state index contributed by atoms with van der Waals surface area (Å²) in [6, 6.07) is 14.1. The first-order chi connectivity index (χ1) is 12.7. The molecule has 0 bridgehead atoms. The maximum absolute atomic E-state index is 4.94. The van der Waals surface area contributed by atoms with Crippen molar-refractivity contribution in [1.82, 2.24) is 10.3 Å². The van der Waals surface area contributed by atoms with Crippen LogP contribution in [0.4, 0.5) is 0 Å². The van der Waals surface area contributed by atoms with Crippen molar-refractivity contribution in [2.45, 2.75) is 50.5 Å². The monoisotopic (exact) mass is 344 g/mol. The van der Waals surface area contributed by atoms with Crippen LogP contribution in [-0.4, -0.2) is 18.1 Å². The zero-order valence-corrected chi connectivity index (χ0v) is 15.8. The minimum atomic E-state index is 0.445. The van der Waals surface area contributed by atoms with Crippen LogP contribution >= 0.6 is 0 Å². The Balaban J connectivity index is 1.62. The van der Waals surface area contributed by atoms with Crippen molar-refractivity contribution in [1.29, 1.82) is 0 Å². The molecule has 3 unspecified atom stereocenters. The van der Waals surface area contributed by atoms with Gasteiger partial charge in [-0.2, -0.15) is 0 Å². The lowest BCUT2D eigenvalue weighted by molar-refractivity contribution is 0.400. The SMILES string of the molecule is CNC1CCc2ccc(C)nc2C1Cc1cccc(C2C=CC=CC2)c1. The largest absolute Gasteiger partial charge is 0.316 e. The molecule has 2 aliphatic rings. The Hall–Kier alpha value is -2.19. The molecule has 1 heterocycles. The van der Waals surface area contributed by atoms with Gasteiger partial charge in [-0.25, -0.2) is 0 Å². The molecule has 0 radical (unpaired) electrons. The van der Waals surface area contributed by atoms with E-state index in [1.807, 2.05) is 0 Å². The van der Waals surface area contributed by atoms with Crippen LogP contribution in [0.15, 0.2) is 60.7 Å². The topological polar surface area (TPSA) is 24.9 Å². The number of rotatable bonds is 4. The van der Waals surface area contributed by atoms with Crippen molar-refractivity contribution in [3.05, 3.63) is 88.8 Å². The molecule has 0 fully saturated rings. The van der Waals surface area contributed by atoms with Gasteiger partial charge in [-0.05, 0) is 62.4 Å². The molecular formula is C24H28N2. The number of pyridine rings is 1. The predicted octanol–water partition coefficient (Wildman–Crippen LogP) is 4.85. The Morgan fingerprint density at radius 3 is 2.88 bits per heavy atom. The highest BCUT2D eigenvalue weighted by molar-refractivity contribution is 5.36. The Labute approximate surface area is 157 Å². The Morgan fingerprint density at radius 1 is 1.15 bits per heavy atom. The standard InChI is InChI=1S/C24H28N2/c1-17-11-12-20-13-14-23(25-2)22(24(20)26-17)16-18-7-6-10-21(15-18)19-8-4-3-5-9-19/h3-8,10-12,15,19,22-23,25H,9,13-14,16H2,1-2H3. The van der Waals surface area contributed by atoms with Gasteiger partial charge in [-0.3, -0.25) is 4.98 Å². The maximum atomic E-state index is 4.94. The molecule has 3 atom stereocenters. The second-order valence-electron chi connectivity index (χ2n) is 7.64. The normalized spacial score (nSPS) is 24.5. The number of aromatic nitrogens is 1. The van der Waals surface area contributed by atoms with Crippen LogP contribution in [0.25, 0.3) is 0 Å². The highest BCUT2D eigenvalue weighted by Crippen LogP contribution is 2.34. The summed E-state index contributed by atoms with van der Waals surface area (Å²) in [5.74, 6) is 0.958. The minimum Gasteiger partial charge on any atom is -0.316 e. The van der Waals surface area contributed by atoms with Crippen LogP contribution in [0, 0.1) is 6.92 Å². The number of nitrogens with zero attached hydrogens (tertiary/aromatic N) is 1. The number of benzene rings is 1. The van der Waals surface area contributed by atoms with Crippen molar-refractivity contribution in [3.8, 4) is 0 Å². The van der Waals surface area contributed by atoms with Crippen molar-refractivity contribution >= 4 is 0 Å². The summed E-state index contributed by atoms with van der Waals surface area (Å²) < 4.78 is 0. The van der Waals surface area contributed by atoms with Gasteiger partial charge in [0.05, 0.1) is 0 Å². The van der Waals surface area contributed by atoms with E-state index < -0.39 is 0 Å². The molecule has 1 aromatic heterocycles. The predicted molar refractivity (Wildman–Crippen MR) is 109 cm³/mol. The van der Waals surface area contributed by atoms with E-state index in [2.05, 4.69) is 80.0 Å². The lowest BCUT2D eigenvalue weighted by Crippen LogP contribution is -2.37. The first-order valence-corrected chi connectivity index (χ1v) is 9.80. The number of hydrogen-bond acceptors (Lipinski definition) is 2. The molecule has 26 heavy (non-hydrogen) atoms. The molecule has 0 amide bonds. The summed E-state index contributed by atoms with van der Waals surface area (Å²) >= 11 is 0. The molecule has 1 N–H and O–H groups in total. The summed E-state index contributed by atoms with van der Waals surface area (Å²) in [4.78, 5) is 4.94. The van der Waals surface area contributed by atoms with E-state index in [1.165, 1.54) is 28.8 Å². The summed E-state index contributed by atoms with van der Waals surface area (Å²) in [6.07, 6.45) is 13.4. The molecule has 0 saturated heterocycles. The second kappa shape index (κ2) is 7.59. The van der Waals surface area contributed by atoms with Crippen molar-refractivity contribution < 1.29 is 0 Å². The van der Waals surface area contributed by atoms with Crippen LogP contribution in [0.3, 0.4) is 0 Å². The van der Waals surface area contributed by atoms with Gasteiger partial charge in [0.1, 0.15) is 0 Å². The van der Waals surface area contributed by atoms with E-state index in [1.54, 1.807) is 0 Å². The van der Waals surface area contributed by atoms with Crippen LogP contribution in [0.2, 0.25) is 0 Å². The molecule has 2 nitrogen and oxygen atoms in total. The number of nitrogens with one attached hydrogen (secondary N) is 1. The number of aryl methyl sites for hydroxylation is 2. The van der Waals surface area contributed by atoms with E-state index in [9.17, 15) is 0 Å². The van der Waals surface area contributed by atoms with Gasteiger partial charge in [-0.1, -0.05) is 54.6 Å². The van der Waals surface area contributed by atoms with E-state index >= 15 is 0 Å². The van der Waals surface area contributed by atoms with Gasteiger partial charge >= 0.3 is 0 Å². The average molecular weight is 345 g/mol. The molecule has 1 aromatic carbocycles. The average Bonchev–Trinajstić information content (AvgIpc) is 2.69. The Bertz CT molecular complexity index is 834. The molecule has 4 rings (SSSR count). The molecule has 0 aliphatic heterocycles. The molecule has 134 valence electrons. The van der Waals surface area contributed by atoms with Gasteiger partial charge in [0.15, 0.2) is 0 Å². The maximum Gasteiger partial charge on any atom is 0.0488 e. The highest BCUT2D eigenvalue weighted by atomic mass is 14.9. The summed E-state index contributed by atoms with van der Waals surface area (Å²) in [5.41, 5.74) is 6.72. The summed E-state index contributed by atoms with van der Waals surface area (Å²) in [6.45, 7) is 2.10. The van der Waals surface area contributed by atoms with Gasteiger partial charge in [-0.15, -0.1) is 0 Å². The third-order valence-electron chi connectivity index (χ3n) is 5.90. The summed E-state index contributed by atoms with van der Waals surface area (Å²) in [7, 11) is 2.09. The van der Waals surface area contributed by atoms with Crippen molar-refractivity contribution in [2.24, 2.45) is 0 Å². The third kappa shape index (κ3) is 3.52. The van der Waals surface area contributed by atoms with E-state index in [4.69, 9.17) is 4.98 Å². The quantitative estimate of drug-likeness (QED) is 0.857. The van der Waals surface area contributed by atoms with Gasteiger partial charge < -0.3 is 5.32 Å². The zero-order valence-electron chi connectivity index (χ0n) is 15.8. The van der Waals surface area contributed by atoms with Gasteiger partial charge in [0.2, 0.25) is 0 Å². The van der Waals surface area contributed by atoms with Crippen molar-refractivity contribution in [3.63, 3.8) is 0 Å². The molecular weight excluding hydrogens is 316 g/mol. The zero-order chi connectivity index (χ0) is 17.9. The molecule has 2 aliphatic carbocycles. The smallest absolute Gasteiger partial charge is 0.0488 e. The Kier molecular flexibility index (Phi) is 5.03. The van der Waals surface area contributed by atoms with Gasteiger partial charge in [0, 0.05) is 29.3 Å². The fourth-order valence-electron chi connectivity index (χ4n) is 4.46. The molecule has 2 aromatic rings. The van der Waals surface area contributed by atoms with E-state index in [0.717, 1.165) is 25.0 Å². The molecule has 0 saturated carbocycles. The number of hydrogen-bond donors (Lipinski definition) is 1. The first-order valence-electron chi connectivity index (χ1n) is 9.80. The number of fused-ring (bicyclic) bond motifs is 1. The number of allylic oxidation sites excluding steroid dienone is 4. The Morgan fingerprint density at radius 2 is 2.08 bits per heavy atom. The summed E-state index contributed by atoms with van der Waals surface area (Å²) in [5, 5.41) is 3.55. The lowest BCUT2D eigenvalue weighted by Gasteiger charge is -2.33. The van der Waals surface area contributed by atoms with Crippen LogP contribution in [-0.2, 0) is 12.8 Å². The van der Waals surface area contributed by atoms with Crippen LogP contribution < -0.4 is 5.32 Å². The second-order valence-corrected chi connectivity index (χ2v) is 7.64. The van der Waals surface area contributed by atoms with Crippen molar-refractivity contribution in [2.75, 3.05) is 7.05 Å². The van der Waals surface area contributed by atoms with Crippen LogP contribution in [0.1, 0.15) is 52.8 Å². The highest BCUT2D eigenvalue weighted by Gasteiger charge is 2.30. The van der Waals surface area contributed by atoms with E-state index in [0.29, 0.717) is 17.9 Å². The fraction of sp³-hybridized carbons (Fsp3) is 0.375. The van der Waals surface area contributed by atoms with E-state index in [-0.39, 0.29) is 0 Å². The molecule has 0 spiro atoms. The third-order valence-corrected chi connectivity index (χ3v) is 5.90.